The summed E-state index contributed by atoms with van der Waals surface area (Å²) in [6.07, 6.45) is 0.330. The summed E-state index contributed by atoms with van der Waals surface area (Å²) in [7, 11) is 1.29. The molecule has 1 amide bonds. The number of amides is 1. The minimum Gasteiger partial charge on any atom is -0.467 e. The Morgan fingerprint density at radius 3 is 2.43 bits per heavy atom. The van der Waals surface area contributed by atoms with Gasteiger partial charge in [0.05, 0.1) is 17.7 Å². The smallest absolute Gasteiger partial charge is 0.328 e. The van der Waals surface area contributed by atoms with Crippen molar-refractivity contribution in [3.05, 3.63) is 69.2 Å². The maximum atomic E-state index is 12.3. The molecule has 2 aromatic carbocycles. The van der Waals surface area contributed by atoms with Crippen LogP contribution in [-0.2, 0) is 16.0 Å². The fourth-order valence-electron chi connectivity index (χ4n) is 2.07. The molecule has 0 aliphatic heterocycles. The van der Waals surface area contributed by atoms with Crippen LogP contribution < -0.4 is 5.32 Å². The quantitative estimate of drug-likeness (QED) is 0.786. The summed E-state index contributed by atoms with van der Waals surface area (Å²) in [6.45, 7) is 0. The molecule has 0 heterocycles. The second-order valence-electron chi connectivity index (χ2n) is 4.86. The zero-order valence-corrected chi connectivity index (χ0v) is 14.7. The molecule has 120 valence electrons. The zero-order chi connectivity index (χ0) is 16.8. The first-order valence-corrected chi connectivity index (χ1v) is 8.06. The Morgan fingerprint density at radius 2 is 1.83 bits per heavy atom. The van der Waals surface area contributed by atoms with Crippen LogP contribution in [0.2, 0.25) is 5.02 Å². The first-order chi connectivity index (χ1) is 11.0. The molecule has 0 bridgehead atoms. The van der Waals surface area contributed by atoms with E-state index in [1.54, 1.807) is 24.3 Å². The first kappa shape index (κ1) is 17.5. The Labute approximate surface area is 147 Å². The Morgan fingerprint density at radius 1 is 1.17 bits per heavy atom. The monoisotopic (exact) mass is 395 g/mol. The highest BCUT2D eigenvalue weighted by molar-refractivity contribution is 9.10. The lowest BCUT2D eigenvalue weighted by atomic mass is 10.1. The van der Waals surface area contributed by atoms with Crippen LogP contribution in [-0.4, -0.2) is 25.0 Å². The Hall–Kier alpha value is -1.85. The van der Waals surface area contributed by atoms with Gasteiger partial charge in [0.15, 0.2) is 0 Å². The summed E-state index contributed by atoms with van der Waals surface area (Å²) >= 11 is 9.37. The number of nitrogens with one attached hydrogen (secondary N) is 1. The number of ether oxygens (including phenoxy) is 1. The van der Waals surface area contributed by atoms with Gasteiger partial charge in [-0.2, -0.15) is 0 Å². The second-order valence-corrected chi connectivity index (χ2v) is 6.18. The van der Waals surface area contributed by atoms with Gasteiger partial charge in [0, 0.05) is 10.9 Å². The molecule has 0 aliphatic rings. The van der Waals surface area contributed by atoms with Crippen LogP contribution in [0, 0.1) is 0 Å². The van der Waals surface area contributed by atoms with Crippen molar-refractivity contribution in [2.45, 2.75) is 12.5 Å². The average molecular weight is 397 g/mol. The van der Waals surface area contributed by atoms with Gasteiger partial charge >= 0.3 is 5.97 Å². The molecule has 0 aliphatic carbocycles. The minimum atomic E-state index is -0.787. The molecule has 2 rings (SSSR count). The molecule has 2 aromatic rings. The molecule has 0 radical (unpaired) electrons. The van der Waals surface area contributed by atoms with Crippen molar-refractivity contribution in [1.82, 2.24) is 5.32 Å². The molecule has 23 heavy (non-hydrogen) atoms. The van der Waals surface area contributed by atoms with Crippen LogP contribution in [0.4, 0.5) is 0 Å². The summed E-state index contributed by atoms with van der Waals surface area (Å²) in [4.78, 5) is 24.3. The van der Waals surface area contributed by atoms with Crippen molar-refractivity contribution in [3.8, 4) is 0 Å². The zero-order valence-electron chi connectivity index (χ0n) is 12.4. The Bertz CT molecular complexity index is 703. The van der Waals surface area contributed by atoms with E-state index in [-0.39, 0.29) is 0 Å². The largest absolute Gasteiger partial charge is 0.467 e. The van der Waals surface area contributed by atoms with Crippen LogP contribution in [0.5, 0.6) is 0 Å². The first-order valence-electron chi connectivity index (χ1n) is 6.89. The summed E-state index contributed by atoms with van der Waals surface area (Å²) in [5.41, 5.74) is 1.22. The number of hydrogen-bond acceptors (Lipinski definition) is 3. The number of hydrogen-bond donors (Lipinski definition) is 1. The van der Waals surface area contributed by atoms with Gasteiger partial charge in [-0.3, -0.25) is 4.79 Å². The number of carbonyl (C=O) groups excluding carboxylic acids is 2. The van der Waals surface area contributed by atoms with E-state index >= 15 is 0 Å². The van der Waals surface area contributed by atoms with Gasteiger partial charge in [-0.15, -0.1) is 0 Å². The molecule has 6 heteroatoms. The Balaban J connectivity index is 2.15. The van der Waals surface area contributed by atoms with Crippen LogP contribution in [0.3, 0.4) is 0 Å². The third-order valence-corrected chi connectivity index (χ3v) is 4.12. The highest BCUT2D eigenvalue weighted by Gasteiger charge is 2.23. The Kier molecular flexibility index (Phi) is 6.19. The van der Waals surface area contributed by atoms with Crippen molar-refractivity contribution in [2.24, 2.45) is 0 Å². The molecule has 0 spiro atoms. The topological polar surface area (TPSA) is 55.4 Å². The van der Waals surface area contributed by atoms with E-state index in [1.165, 1.54) is 7.11 Å². The van der Waals surface area contributed by atoms with Crippen LogP contribution >= 0.6 is 27.5 Å². The standard InChI is InChI=1S/C17H15BrClNO3/c1-23-17(22)15(10-11-6-8-12(18)9-7-11)20-16(21)13-4-2-3-5-14(13)19/h2-9,15H,10H2,1H3,(H,20,21)/t15-/m0/s1. The van der Waals surface area contributed by atoms with E-state index in [2.05, 4.69) is 21.2 Å². The van der Waals surface area contributed by atoms with Crippen LogP contribution in [0.15, 0.2) is 53.0 Å². The maximum absolute atomic E-state index is 12.3. The van der Waals surface area contributed by atoms with E-state index in [1.807, 2.05) is 24.3 Å². The van der Waals surface area contributed by atoms with E-state index in [9.17, 15) is 9.59 Å². The molecule has 1 atom stereocenters. The molecule has 0 aromatic heterocycles. The molecule has 0 saturated carbocycles. The summed E-state index contributed by atoms with van der Waals surface area (Å²) in [6, 6.07) is 13.4. The van der Waals surface area contributed by atoms with Crippen molar-refractivity contribution >= 4 is 39.4 Å². The highest BCUT2D eigenvalue weighted by Crippen LogP contribution is 2.16. The van der Waals surface area contributed by atoms with Crippen molar-refractivity contribution in [3.63, 3.8) is 0 Å². The van der Waals surface area contributed by atoms with Crippen LogP contribution in [0.25, 0.3) is 0 Å². The number of halogens is 2. The maximum Gasteiger partial charge on any atom is 0.328 e. The van der Waals surface area contributed by atoms with Gasteiger partial charge in [-0.05, 0) is 29.8 Å². The molecular weight excluding hydrogens is 382 g/mol. The van der Waals surface area contributed by atoms with E-state index in [0.29, 0.717) is 17.0 Å². The van der Waals surface area contributed by atoms with Crippen molar-refractivity contribution < 1.29 is 14.3 Å². The lowest BCUT2D eigenvalue weighted by Crippen LogP contribution is -2.43. The van der Waals surface area contributed by atoms with Crippen molar-refractivity contribution in [1.29, 1.82) is 0 Å². The molecule has 0 saturated heterocycles. The normalized spacial score (nSPS) is 11.6. The second kappa shape index (κ2) is 8.13. The number of benzene rings is 2. The van der Waals surface area contributed by atoms with E-state index in [0.717, 1.165) is 10.0 Å². The molecule has 0 unspecified atom stereocenters. The van der Waals surface area contributed by atoms with Crippen LogP contribution in [0.1, 0.15) is 15.9 Å². The lowest BCUT2D eigenvalue weighted by Gasteiger charge is -2.17. The number of rotatable bonds is 5. The third-order valence-electron chi connectivity index (χ3n) is 3.26. The van der Waals surface area contributed by atoms with Gasteiger partial charge < -0.3 is 10.1 Å². The molecule has 1 N–H and O–H groups in total. The van der Waals surface area contributed by atoms with Gasteiger partial charge in [0.1, 0.15) is 6.04 Å². The van der Waals surface area contributed by atoms with Gasteiger partial charge in [-0.1, -0.05) is 51.8 Å². The minimum absolute atomic E-state index is 0.318. The fraction of sp³-hybridized carbons (Fsp3) is 0.176. The summed E-state index contributed by atoms with van der Waals surface area (Å²) < 4.78 is 5.72. The van der Waals surface area contributed by atoms with E-state index < -0.39 is 17.9 Å². The fourth-order valence-corrected chi connectivity index (χ4v) is 2.56. The number of carbonyl (C=O) groups is 2. The number of methoxy groups -OCH3 is 1. The summed E-state index contributed by atoms with van der Waals surface area (Å²) in [5.74, 6) is -0.920. The summed E-state index contributed by atoms with van der Waals surface area (Å²) in [5, 5.41) is 3.01. The third kappa shape index (κ3) is 4.81. The predicted octanol–water partition coefficient (Wildman–Crippen LogP) is 3.62. The molecular formula is C17H15BrClNO3. The van der Waals surface area contributed by atoms with Gasteiger partial charge in [0.2, 0.25) is 0 Å². The van der Waals surface area contributed by atoms with Gasteiger partial charge in [0.25, 0.3) is 5.91 Å². The molecule has 0 fully saturated rings. The van der Waals surface area contributed by atoms with Gasteiger partial charge in [-0.25, -0.2) is 4.79 Å². The predicted molar refractivity (Wildman–Crippen MR) is 92.6 cm³/mol. The number of esters is 1. The van der Waals surface area contributed by atoms with E-state index in [4.69, 9.17) is 16.3 Å². The molecule has 4 nitrogen and oxygen atoms in total. The highest BCUT2D eigenvalue weighted by atomic mass is 79.9. The van der Waals surface area contributed by atoms with Crippen molar-refractivity contribution in [2.75, 3.05) is 7.11 Å². The average Bonchev–Trinajstić information content (AvgIpc) is 2.55. The lowest BCUT2D eigenvalue weighted by molar-refractivity contribution is -0.142. The SMILES string of the molecule is COC(=O)[C@H](Cc1ccc(Br)cc1)NC(=O)c1ccccc1Cl.